The molecule has 3 rings (SSSR count). The zero-order valence-corrected chi connectivity index (χ0v) is 20.9. The molecule has 10 nitrogen and oxygen atoms in total. The molecule has 11 heteroatoms. The standard InChI is InChI=1S/C26H32FN5O5/c1-3-5-10-31(4-2)25(35)17-13-18(27)15-20(14-17)32-11-12-37-22(26(32)36)21(33)24(34)30-19-8-6-16(7-9-19)23(28)29/h6-9,13-15,21-22,33H,3-5,10-12H2,1-2H3,(H3,28,29)(H,30,34)/t21-,22-/m1/s1. The number of halogens is 1. The van der Waals surface area contributed by atoms with Crippen LogP contribution in [0.1, 0.15) is 42.6 Å². The fourth-order valence-electron chi connectivity index (χ4n) is 3.96. The molecule has 198 valence electrons. The molecule has 1 aliphatic heterocycles. The summed E-state index contributed by atoms with van der Waals surface area (Å²) < 4.78 is 19.9. The summed E-state index contributed by atoms with van der Waals surface area (Å²) in [6.07, 6.45) is -1.65. The van der Waals surface area contributed by atoms with E-state index in [4.69, 9.17) is 15.9 Å². The minimum Gasteiger partial charge on any atom is -0.384 e. The van der Waals surface area contributed by atoms with Crippen molar-refractivity contribution < 1.29 is 28.6 Å². The van der Waals surface area contributed by atoms with E-state index in [9.17, 15) is 23.9 Å². The summed E-state index contributed by atoms with van der Waals surface area (Å²) in [5.41, 5.74) is 6.45. The van der Waals surface area contributed by atoms with Crippen LogP contribution in [0.3, 0.4) is 0 Å². The van der Waals surface area contributed by atoms with Crippen molar-refractivity contribution in [2.24, 2.45) is 5.73 Å². The van der Waals surface area contributed by atoms with Crippen molar-refractivity contribution in [1.29, 1.82) is 5.41 Å². The van der Waals surface area contributed by atoms with Crippen LogP contribution >= 0.6 is 0 Å². The minimum atomic E-state index is -1.85. The third-order valence-corrected chi connectivity index (χ3v) is 6.03. The van der Waals surface area contributed by atoms with E-state index in [1.54, 1.807) is 4.90 Å². The second-order valence-corrected chi connectivity index (χ2v) is 8.64. The van der Waals surface area contributed by atoms with Gasteiger partial charge in [-0.3, -0.25) is 19.8 Å². The first-order valence-electron chi connectivity index (χ1n) is 12.1. The fourth-order valence-corrected chi connectivity index (χ4v) is 3.96. The number of morpholine rings is 1. The lowest BCUT2D eigenvalue weighted by Crippen LogP contribution is -2.55. The molecule has 1 saturated heterocycles. The topological polar surface area (TPSA) is 149 Å². The lowest BCUT2D eigenvalue weighted by molar-refractivity contribution is -0.150. The highest BCUT2D eigenvalue weighted by atomic mass is 19.1. The number of amides is 3. The highest BCUT2D eigenvalue weighted by Crippen LogP contribution is 2.24. The number of unbranched alkanes of at least 4 members (excludes halogenated alkanes) is 1. The van der Waals surface area contributed by atoms with Crippen LogP contribution in [0.25, 0.3) is 0 Å². The number of hydrogen-bond acceptors (Lipinski definition) is 6. The number of anilines is 2. The molecule has 1 heterocycles. The maximum Gasteiger partial charge on any atom is 0.259 e. The van der Waals surface area contributed by atoms with Crippen molar-refractivity contribution in [2.75, 3.05) is 36.5 Å². The second kappa shape index (κ2) is 12.4. The number of carbonyl (C=O) groups excluding carboxylic acids is 3. The minimum absolute atomic E-state index is 0.00850. The Hall–Kier alpha value is -3.83. The smallest absolute Gasteiger partial charge is 0.259 e. The van der Waals surface area contributed by atoms with Gasteiger partial charge in [0, 0.05) is 42.1 Å². The number of carbonyl (C=O) groups is 3. The van der Waals surface area contributed by atoms with E-state index in [0.29, 0.717) is 24.3 Å². The Labute approximate surface area is 214 Å². The number of nitrogens with two attached hydrogens (primary N) is 1. The van der Waals surface area contributed by atoms with Crippen LogP contribution in [-0.4, -0.2) is 72.0 Å². The van der Waals surface area contributed by atoms with Crippen molar-refractivity contribution in [2.45, 2.75) is 38.9 Å². The number of aliphatic hydroxyl groups is 1. The maximum atomic E-state index is 14.5. The molecule has 1 aliphatic rings. The highest BCUT2D eigenvalue weighted by molar-refractivity contribution is 6.05. The normalized spacial score (nSPS) is 16.3. The summed E-state index contributed by atoms with van der Waals surface area (Å²) >= 11 is 0. The molecule has 1 fully saturated rings. The van der Waals surface area contributed by atoms with Gasteiger partial charge in [0.25, 0.3) is 17.7 Å². The van der Waals surface area contributed by atoms with E-state index in [2.05, 4.69) is 5.32 Å². The predicted molar refractivity (Wildman–Crippen MR) is 137 cm³/mol. The Kier molecular flexibility index (Phi) is 9.31. The molecule has 5 N–H and O–H groups in total. The second-order valence-electron chi connectivity index (χ2n) is 8.64. The molecule has 0 aliphatic carbocycles. The predicted octanol–water partition coefficient (Wildman–Crippen LogP) is 2.10. The van der Waals surface area contributed by atoms with Gasteiger partial charge in [-0.25, -0.2) is 4.39 Å². The summed E-state index contributed by atoms with van der Waals surface area (Å²) in [5, 5.41) is 20.5. The average Bonchev–Trinajstić information content (AvgIpc) is 2.88. The summed E-state index contributed by atoms with van der Waals surface area (Å²) in [4.78, 5) is 41.6. The Morgan fingerprint density at radius 3 is 2.57 bits per heavy atom. The third kappa shape index (κ3) is 6.69. The van der Waals surface area contributed by atoms with Gasteiger partial charge in [-0.2, -0.15) is 0 Å². The number of rotatable bonds is 10. The molecule has 0 spiro atoms. The van der Waals surface area contributed by atoms with E-state index >= 15 is 0 Å². The molecule has 0 aromatic heterocycles. The number of aliphatic hydroxyl groups excluding tert-OH is 1. The van der Waals surface area contributed by atoms with Crippen LogP contribution < -0.4 is 16.0 Å². The molecule has 0 unspecified atom stereocenters. The number of ether oxygens (including phenoxy) is 1. The number of hydrogen-bond donors (Lipinski definition) is 4. The molecule has 0 bridgehead atoms. The SMILES string of the molecule is CCCCN(CC)C(=O)c1cc(F)cc(N2CCO[C@H]([C@@H](O)C(=O)Nc3ccc(C(=N)N)cc3)C2=O)c1. The van der Waals surface area contributed by atoms with E-state index in [0.717, 1.165) is 25.0 Å². The van der Waals surface area contributed by atoms with Crippen LogP contribution in [-0.2, 0) is 14.3 Å². The Balaban J connectivity index is 1.76. The molecule has 37 heavy (non-hydrogen) atoms. The molecule has 2 aromatic rings. The summed E-state index contributed by atoms with van der Waals surface area (Å²) in [6.45, 7) is 4.90. The molecular weight excluding hydrogens is 481 g/mol. The van der Waals surface area contributed by atoms with Gasteiger partial charge in [-0.15, -0.1) is 0 Å². The molecule has 2 atom stereocenters. The van der Waals surface area contributed by atoms with E-state index in [-0.39, 0.29) is 36.1 Å². The summed E-state index contributed by atoms with van der Waals surface area (Å²) in [5.74, 6) is -2.77. The maximum absolute atomic E-state index is 14.5. The first kappa shape index (κ1) is 27.8. The number of nitrogens with one attached hydrogen (secondary N) is 2. The summed E-state index contributed by atoms with van der Waals surface area (Å²) in [6, 6.07) is 9.75. The Morgan fingerprint density at radius 1 is 1.24 bits per heavy atom. The highest BCUT2D eigenvalue weighted by Gasteiger charge is 2.39. The molecular formula is C26H32FN5O5. The summed E-state index contributed by atoms with van der Waals surface area (Å²) in [7, 11) is 0. The van der Waals surface area contributed by atoms with Crippen LogP contribution in [0.5, 0.6) is 0 Å². The van der Waals surface area contributed by atoms with Gasteiger partial charge in [0.15, 0.2) is 12.2 Å². The van der Waals surface area contributed by atoms with Gasteiger partial charge in [0.05, 0.1) is 6.61 Å². The number of nitrogens with zero attached hydrogens (tertiary/aromatic N) is 2. The Bertz CT molecular complexity index is 1160. The molecule has 0 radical (unpaired) electrons. The number of amidine groups is 1. The van der Waals surface area contributed by atoms with Crippen molar-refractivity contribution in [3.63, 3.8) is 0 Å². The molecule has 3 amide bonds. The lowest BCUT2D eigenvalue weighted by Gasteiger charge is -2.34. The van der Waals surface area contributed by atoms with Gasteiger partial charge in [-0.05, 0) is 55.8 Å². The van der Waals surface area contributed by atoms with E-state index in [1.807, 2.05) is 13.8 Å². The van der Waals surface area contributed by atoms with Crippen LogP contribution in [0.15, 0.2) is 42.5 Å². The van der Waals surface area contributed by atoms with Gasteiger partial charge >= 0.3 is 0 Å². The van der Waals surface area contributed by atoms with Crippen LogP contribution in [0.2, 0.25) is 0 Å². The third-order valence-electron chi connectivity index (χ3n) is 6.03. The van der Waals surface area contributed by atoms with Gasteiger partial charge in [0.1, 0.15) is 11.7 Å². The lowest BCUT2D eigenvalue weighted by atomic mass is 10.1. The Morgan fingerprint density at radius 2 is 1.95 bits per heavy atom. The quantitative estimate of drug-likeness (QED) is 0.282. The van der Waals surface area contributed by atoms with Crippen LogP contribution in [0.4, 0.5) is 15.8 Å². The van der Waals surface area contributed by atoms with Crippen molar-refractivity contribution in [1.82, 2.24) is 4.90 Å². The van der Waals surface area contributed by atoms with Crippen molar-refractivity contribution >= 4 is 34.9 Å². The van der Waals surface area contributed by atoms with Gasteiger partial charge < -0.3 is 30.7 Å². The van der Waals surface area contributed by atoms with Gasteiger partial charge in [-0.1, -0.05) is 13.3 Å². The first-order chi connectivity index (χ1) is 17.7. The van der Waals surface area contributed by atoms with E-state index < -0.39 is 29.8 Å². The molecule has 0 saturated carbocycles. The monoisotopic (exact) mass is 513 g/mol. The van der Waals surface area contributed by atoms with Gasteiger partial charge in [0.2, 0.25) is 0 Å². The number of benzene rings is 2. The zero-order valence-electron chi connectivity index (χ0n) is 20.9. The van der Waals surface area contributed by atoms with E-state index in [1.165, 1.54) is 35.2 Å². The van der Waals surface area contributed by atoms with Crippen molar-refractivity contribution in [3.8, 4) is 0 Å². The fraction of sp³-hybridized carbons (Fsp3) is 0.385. The average molecular weight is 514 g/mol. The first-order valence-corrected chi connectivity index (χ1v) is 12.1. The number of nitrogen functional groups attached to an aromatic ring is 1. The molecule has 2 aromatic carbocycles. The zero-order chi connectivity index (χ0) is 27.1. The largest absolute Gasteiger partial charge is 0.384 e. The van der Waals surface area contributed by atoms with Crippen molar-refractivity contribution in [3.05, 3.63) is 59.4 Å². The van der Waals surface area contributed by atoms with Crippen LogP contribution in [0, 0.1) is 11.2 Å².